The van der Waals surface area contributed by atoms with E-state index in [1.807, 2.05) is 0 Å². The summed E-state index contributed by atoms with van der Waals surface area (Å²) >= 11 is 0. The lowest BCUT2D eigenvalue weighted by atomic mass is 10.1. The maximum Gasteiger partial charge on any atom is 0.242 e. The van der Waals surface area contributed by atoms with E-state index in [2.05, 4.69) is 4.98 Å². The first-order valence-electron chi connectivity index (χ1n) is 10.5. The lowest BCUT2D eigenvalue weighted by Gasteiger charge is -2.34. The molecule has 32 heavy (non-hydrogen) atoms. The number of anilines is 1. The van der Waals surface area contributed by atoms with Crippen molar-refractivity contribution in [2.75, 3.05) is 43.1 Å². The molecule has 3 heterocycles. The highest BCUT2D eigenvalue weighted by molar-refractivity contribution is 8.24. The summed E-state index contributed by atoms with van der Waals surface area (Å²) in [5, 5.41) is 0. The van der Waals surface area contributed by atoms with E-state index in [9.17, 15) is 27.1 Å². The SMILES string of the molecule is CN(CC1CCS(O)(O)C1)C(=O)Cn1c(N2CC[C@@H](F)[C@H](N)C2)nc2cc(F)c(F)cc21. The van der Waals surface area contributed by atoms with Gasteiger partial charge < -0.3 is 20.1 Å². The minimum absolute atomic E-state index is 0.0129. The number of carbonyl (C=O) groups excluding carboxylic acids is 1. The molecule has 2 saturated heterocycles. The van der Waals surface area contributed by atoms with Gasteiger partial charge in [-0.15, -0.1) is 0 Å². The molecule has 8 nitrogen and oxygen atoms in total. The molecule has 1 aromatic heterocycles. The summed E-state index contributed by atoms with van der Waals surface area (Å²) < 4.78 is 62.8. The van der Waals surface area contributed by atoms with E-state index in [1.165, 1.54) is 9.47 Å². The number of nitrogens with zero attached hydrogens (tertiary/aromatic N) is 4. The Labute approximate surface area is 185 Å². The molecular formula is C20H28F3N5O3S. The van der Waals surface area contributed by atoms with Gasteiger partial charge in [-0.3, -0.25) is 13.9 Å². The van der Waals surface area contributed by atoms with Crippen LogP contribution in [0.4, 0.5) is 19.1 Å². The van der Waals surface area contributed by atoms with E-state index in [-0.39, 0.29) is 48.1 Å². The minimum atomic E-state index is -2.56. The number of imidazole rings is 1. The molecule has 4 N–H and O–H groups in total. The molecule has 2 aliphatic heterocycles. The molecule has 12 heteroatoms. The smallest absolute Gasteiger partial charge is 0.242 e. The van der Waals surface area contributed by atoms with Crippen LogP contribution < -0.4 is 10.6 Å². The molecule has 1 aromatic carbocycles. The highest BCUT2D eigenvalue weighted by Gasteiger charge is 2.32. The topological polar surface area (TPSA) is 108 Å². The lowest BCUT2D eigenvalue weighted by molar-refractivity contribution is -0.130. The van der Waals surface area contributed by atoms with Crippen LogP contribution in [0.5, 0.6) is 0 Å². The third kappa shape index (κ3) is 4.68. The number of benzene rings is 1. The zero-order valence-electron chi connectivity index (χ0n) is 17.8. The van der Waals surface area contributed by atoms with Crippen LogP contribution in [0.2, 0.25) is 0 Å². The Hall–Kier alpha value is -2.02. The van der Waals surface area contributed by atoms with Crippen molar-refractivity contribution in [1.29, 1.82) is 0 Å². The van der Waals surface area contributed by atoms with Crippen LogP contribution in [0.3, 0.4) is 0 Å². The first-order valence-corrected chi connectivity index (χ1v) is 12.4. The van der Waals surface area contributed by atoms with Crippen LogP contribution in [-0.4, -0.2) is 79.9 Å². The van der Waals surface area contributed by atoms with Gasteiger partial charge in [0, 0.05) is 50.3 Å². The fourth-order valence-electron chi connectivity index (χ4n) is 4.43. The van der Waals surface area contributed by atoms with E-state index in [0.717, 1.165) is 12.1 Å². The van der Waals surface area contributed by atoms with Gasteiger partial charge >= 0.3 is 0 Å². The number of piperidine rings is 1. The fourth-order valence-corrected chi connectivity index (χ4v) is 6.33. The van der Waals surface area contributed by atoms with E-state index >= 15 is 0 Å². The third-order valence-electron chi connectivity index (χ3n) is 6.23. The number of amides is 1. The van der Waals surface area contributed by atoms with Crippen LogP contribution in [0.1, 0.15) is 12.8 Å². The number of hydrogen-bond donors (Lipinski definition) is 3. The summed E-state index contributed by atoms with van der Waals surface area (Å²) in [6.07, 6.45) is -0.333. The maximum atomic E-state index is 14.0. The second-order valence-electron chi connectivity index (χ2n) is 8.77. The van der Waals surface area contributed by atoms with E-state index < -0.39 is 34.4 Å². The van der Waals surface area contributed by atoms with Crippen molar-refractivity contribution in [2.45, 2.75) is 31.6 Å². The van der Waals surface area contributed by atoms with Crippen LogP contribution in [0.25, 0.3) is 11.0 Å². The molecule has 0 saturated carbocycles. The predicted octanol–water partition coefficient (Wildman–Crippen LogP) is 2.42. The van der Waals surface area contributed by atoms with Crippen LogP contribution in [0, 0.1) is 17.6 Å². The number of fused-ring (bicyclic) bond motifs is 1. The summed E-state index contributed by atoms with van der Waals surface area (Å²) in [6.45, 7) is 0.658. The van der Waals surface area contributed by atoms with Crippen molar-refractivity contribution in [2.24, 2.45) is 11.7 Å². The molecule has 2 aromatic rings. The first kappa shape index (κ1) is 23.1. The Morgan fingerprint density at radius 1 is 1.31 bits per heavy atom. The maximum absolute atomic E-state index is 14.0. The molecule has 0 spiro atoms. The molecule has 1 amide bonds. The zero-order chi connectivity index (χ0) is 23.2. The van der Waals surface area contributed by atoms with Gasteiger partial charge in [-0.25, -0.2) is 18.2 Å². The van der Waals surface area contributed by atoms with Gasteiger partial charge in [-0.05, 0) is 18.8 Å². The molecule has 178 valence electrons. The summed E-state index contributed by atoms with van der Waals surface area (Å²) in [4.78, 5) is 20.6. The van der Waals surface area contributed by atoms with Crippen LogP contribution in [0.15, 0.2) is 12.1 Å². The standard InChI is InChI=1S/C20H28F3N5O3S/c1-26(8-12-3-5-32(30,31)11-12)19(29)10-28-18-7-15(23)14(22)6-17(18)25-20(28)27-4-2-13(21)16(24)9-27/h6-7,12-13,16,30-31H,2-5,8-11,24H2,1H3/t12?,13-,16-/m1/s1. The summed E-state index contributed by atoms with van der Waals surface area (Å²) in [7, 11) is -0.944. The minimum Gasteiger partial charge on any atom is -0.344 e. The number of alkyl halides is 1. The third-order valence-corrected chi connectivity index (χ3v) is 8.13. The number of aromatic nitrogens is 2. The second-order valence-corrected chi connectivity index (χ2v) is 11.1. The molecule has 1 unspecified atom stereocenters. The van der Waals surface area contributed by atoms with Gasteiger partial charge in [0.2, 0.25) is 11.9 Å². The Kier molecular flexibility index (Phi) is 6.31. The molecule has 3 atom stereocenters. The summed E-state index contributed by atoms with van der Waals surface area (Å²) in [6, 6.07) is 1.25. The van der Waals surface area contributed by atoms with E-state index in [1.54, 1.807) is 11.9 Å². The number of nitrogens with two attached hydrogens (primary N) is 1. The van der Waals surface area contributed by atoms with Crippen molar-refractivity contribution in [3.63, 3.8) is 0 Å². The Morgan fingerprint density at radius 3 is 2.69 bits per heavy atom. The molecular weight excluding hydrogens is 447 g/mol. The molecule has 0 aliphatic carbocycles. The highest BCUT2D eigenvalue weighted by Crippen LogP contribution is 2.48. The van der Waals surface area contributed by atoms with E-state index in [0.29, 0.717) is 31.2 Å². The Balaban J connectivity index is 1.60. The normalized spacial score (nSPS) is 26.5. The van der Waals surface area contributed by atoms with Gasteiger partial charge in [-0.2, -0.15) is 10.6 Å². The summed E-state index contributed by atoms with van der Waals surface area (Å²) in [5.74, 6) is -1.48. The molecule has 4 rings (SSSR count). The van der Waals surface area contributed by atoms with Crippen LogP contribution >= 0.6 is 10.6 Å². The van der Waals surface area contributed by atoms with Crippen molar-refractivity contribution in [3.8, 4) is 0 Å². The number of rotatable bonds is 5. The van der Waals surface area contributed by atoms with E-state index in [4.69, 9.17) is 5.73 Å². The van der Waals surface area contributed by atoms with Gasteiger partial charge in [0.15, 0.2) is 11.6 Å². The second kappa shape index (κ2) is 8.73. The highest BCUT2D eigenvalue weighted by atomic mass is 32.3. The van der Waals surface area contributed by atoms with Gasteiger partial charge in [0.05, 0.1) is 17.1 Å². The molecule has 0 bridgehead atoms. The average Bonchev–Trinajstić information content (AvgIpc) is 3.23. The number of carbonyl (C=O) groups is 1. The van der Waals surface area contributed by atoms with Crippen molar-refractivity contribution in [1.82, 2.24) is 14.5 Å². The van der Waals surface area contributed by atoms with Crippen LogP contribution in [-0.2, 0) is 11.3 Å². The molecule has 2 aliphatic rings. The van der Waals surface area contributed by atoms with Gasteiger partial charge in [0.25, 0.3) is 0 Å². The first-order chi connectivity index (χ1) is 15.0. The number of likely N-dealkylation sites (N-methyl/N-ethyl adjacent to an activating group) is 1. The average molecular weight is 476 g/mol. The van der Waals surface area contributed by atoms with Gasteiger partial charge in [0.1, 0.15) is 12.7 Å². The Morgan fingerprint density at radius 2 is 2.03 bits per heavy atom. The predicted molar refractivity (Wildman–Crippen MR) is 118 cm³/mol. The quantitative estimate of drug-likeness (QED) is 0.613. The summed E-state index contributed by atoms with van der Waals surface area (Å²) in [5.41, 5.74) is 6.32. The number of halogens is 3. The monoisotopic (exact) mass is 475 g/mol. The van der Waals surface area contributed by atoms with Crippen molar-refractivity contribution < 1.29 is 27.1 Å². The molecule has 0 radical (unpaired) electrons. The largest absolute Gasteiger partial charge is 0.344 e. The van der Waals surface area contributed by atoms with Gasteiger partial charge in [-0.1, -0.05) is 0 Å². The zero-order valence-corrected chi connectivity index (χ0v) is 18.6. The lowest BCUT2D eigenvalue weighted by Crippen LogP contribution is -2.50. The Bertz CT molecular complexity index is 1020. The number of hydrogen-bond acceptors (Lipinski definition) is 6. The fraction of sp³-hybridized carbons (Fsp3) is 0.600. The van der Waals surface area contributed by atoms with Crippen molar-refractivity contribution in [3.05, 3.63) is 23.8 Å². The van der Waals surface area contributed by atoms with Crippen molar-refractivity contribution >= 4 is 33.5 Å². The molecule has 2 fully saturated rings.